The van der Waals surface area contributed by atoms with E-state index in [0.29, 0.717) is 5.69 Å². The SMILES string of the molecule is O=C(Nc1cn[nH]c1-c1nccs1)N1CCCC1c1ccccc1. The molecule has 1 aliphatic heterocycles. The Morgan fingerprint density at radius 1 is 1.33 bits per heavy atom. The molecule has 1 aromatic carbocycles. The van der Waals surface area contributed by atoms with Crippen LogP contribution >= 0.6 is 11.3 Å². The molecule has 0 bridgehead atoms. The van der Waals surface area contributed by atoms with Crippen LogP contribution in [0.15, 0.2) is 48.1 Å². The van der Waals surface area contributed by atoms with E-state index in [4.69, 9.17) is 0 Å². The lowest BCUT2D eigenvalue weighted by Gasteiger charge is -2.25. The van der Waals surface area contributed by atoms with Gasteiger partial charge in [0.25, 0.3) is 0 Å². The van der Waals surface area contributed by atoms with Crippen LogP contribution in [0.2, 0.25) is 0 Å². The van der Waals surface area contributed by atoms with Gasteiger partial charge in [-0.1, -0.05) is 30.3 Å². The van der Waals surface area contributed by atoms with Gasteiger partial charge in [0.2, 0.25) is 0 Å². The molecule has 0 saturated carbocycles. The lowest BCUT2D eigenvalue weighted by atomic mass is 10.1. The van der Waals surface area contributed by atoms with E-state index in [-0.39, 0.29) is 12.1 Å². The Kier molecular flexibility index (Phi) is 4.00. The average molecular weight is 339 g/mol. The Balaban J connectivity index is 1.54. The maximum atomic E-state index is 12.8. The summed E-state index contributed by atoms with van der Waals surface area (Å²) >= 11 is 1.50. The second kappa shape index (κ2) is 6.45. The average Bonchev–Trinajstić information content (AvgIpc) is 3.36. The molecule has 1 saturated heterocycles. The number of amides is 2. The minimum atomic E-state index is -0.0967. The van der Waals surface area contributed by atoms with Crippen LogP contribution < -0.4 is 5.32 Å². The molecule has 2 N–H and O–H groups in total. The number of H-pyrrole nitrogens is 1. The molecule has 4 rings (SSSR count). The van der Waals surface area contributed by atoms with Gasteiger partial charge in [-0.25, -0.2) is 9.78 Å². The third kappa shape index (κ3) is 2.78. The van der Waals surface area contributed by atoms with E-state index in [9.17, 15) is 4.79 Å². The molecule has 3 heterocycles. The standard InChI is InChI=1S/C17H17N5OS/c23-17(20-13-11-19-21-15(13)16-18-8-10-24-16)22-9-4-7-14(22)12-5-2-1-3-6-12/h1-3,5-6,8,10-11,14H,4,7,9H2,(H,19,21)(H,20,23). The van der Waals surface area contributed by atoms with Gasteiger partial charge < -0.3 is 10.2 Å². The van der Waals surface area contributed by atoms with Crippen LogP contribution in [0, 0.1) is 0 Å². The van der Waals surface area contributed by atoms with Crippen molar-refractivity contribution in [2.24, 2.45) is 0 Å². The number of carbonyl (C=O) groups is 1. The molecule has 1 unspecified atom stereocenters. The van der Waals surface area contributed by atoms with Crippen LogP contribution in [0.1, 0.15) is 24.4 Å². The predicted octanol–water partition coefficient (Wildman–Crippen LogP) is 3.90. The number of aromatic amines is 1. The van der Waals surface area contributed by atoms with E-state index in [1.807, 2.05) is 28.5 Å². The van der Waals surface area contributed by atoms with E-state index in [2.05, 4.69) is 32.6 Å². The van der Waals surface area contributed by atoms with E-state index in [1.165, 1.54) is 16.9 Å². The topological polar surface area (TPSA) is 73.9 Å². The zero-order chi connectivity index (χ0) is 16.4. The highest BCUT2D eigenvalue weighted by atomic mass is 32.1. The van der Waals surface area contributed by atoms with E-state index < -0.39 is 0 Å². The second-order valence-electron chi connectivity index (χ2n) is 5.69. The molecule has 2 aromatic heterocycles. The first kappa shape index (κ1) is 14.9. The zero-order valence-corrected chi connectivity index (χ0v) is 13.8. The van der Waals surface area contributed by atoms with Crippen molar-refractivity contribution in [3.8, 4) is 10.7 Å². The van der Waals surface area contributed by atoms with E-state index in [0.717, 1.165) is 30.1 Å². The number of hydrogen-bond acceptors (Lipinski definition) is 4. The molecule has 1 aliphatic rings. The van der Waals surface area contributed by atoms with Crippen molar-refractivity contribution in [3.05, 3.63) is 53.7 Å². The first-order chi connectivity index (χ1) is 11.8. The monoisotopic (exact) mass is 339 g/mol. The quantitative estimate of drug-likeness (QED) is 0.760. The number of rotatable bonds is 3. The van der Waals surface area contributed by atoms with E-state index >= 15 is 0 Å². The number of aromatic nitrogens is 3. The third-order valence-corrected chi connectivity index (χ3v) is 5.02. The van der Waals surface area contributed by atoms with Crippen LogP contribution in [0.25, 0.3) is 10.7 Å². The number of benzene rings is 1. The van der Waals surface area contributed by atoms with Crippen molar-refractivity contribution in [3.63, 3.8) is 0 Å². The van der Waals surface area contributed by atoms with Gasteiger partial charge in [0.1, 0.15) is 10.7 Å². The van der Waals surface area contributed by atoms with Crippen LogP contribution in [0.5, 0.6) is 0 Å². The molecule has 6 nitrogen and oxygen atoms in total. The second-order valence-corrected chi connectivity index (χ2v) is 6.58. The molecular weight excluding hydrogens is 322 g/mol. The number of hydrogen-bond donors (Lipinski definition) is 2. The molecule has 0 spiro atoms. The minimum Gasteiger partial charge on any atom is -0.317 e. The van der Waals surface area contributed by atoms with Gasteiger partial charge in [0.15, 0.2) is 0 Å². The van der Waals surface area contributed by atoms with Crippen molar-refractivity contribution in [1.29, 1.82) is 0 Å². The predicted molar refractivity (Wildman–Crippen MR) is 93.8 cm³/mol. The lowest BCUT2D eigenvalue weighted by molar-refractivity contribution is 0.207. The third-order valence-electron chi connectivity index (χ3n) is 4.23. The molecule has 3 aromatic rings. The number of anilines is 1. The van der Waals surface area contributed by atoms with Gasteiger partial charge in [-0.05, 0) is 18.4 Å². The summed E-state index contributed by atoms with van der Waals surface area (Å²) in [7, 11) is 0. The zero-order valence-electron chi connectivity index (χ0n) is 13.0. The molecule has 1 fully saturated rings. The van der Waals surface area contributed by atoms with Crippen LogP contribution in [0.4, 0.5) is 10.5 Å². The summed E-state index contributed by atoms with van der Waals surface area (Å²) < 4.78 is 0. The smallest absolute Gasteiger partial charge is 0.317 e. The molecule has 1 atom stereocenters. The Labute approximate surface area is 143 Å². The summed E-state index contributed by atoms with van der Waals surface area (Å²) in [5, 5.41) is 12.6. The summed E-state index contributed by atoms with van der Waals surface area (Å²) in [5.74, 6) is 0. The highest BCUT2D eigenvalue weighted by Crippen LogP contribution is 2.33. The van der Waals surface area contributed by atoms with Crippen molar-refractivity contribution in [1.82, 2.24) is 20.1 Å². The van der Waals surface area contributed by atoms with Crippen molar-refractivity contribution in [2.45, 2.75) is 18.9 Å². The normalized spacial score (nSPS) is 17.2. The van der Waals surface area contributed by atoms with Gasteiger partial charge in [-0.2, -0.15) is 5.10 Å². The number of urea groups is 1. The maximum Gasteiger partial charge on any atom is 0.322 e. The van der Waals surface area contributed by atoms with Gasteiger partial charge in [-0.15, -0.1) is 11.3 Å². The molecule has 24 heavy (non-hydrogen) atoms. The highest BCUT2D eigenvalue weighted by molar-refractivity contribution is 7.13. The summed E-state index contributed by atoms with van der Waals surface area (Å²) in [5.41, 5.74) is 2.58. The minimum absolute atomic E-state index is 0.0967. The Bertz CT molecular complexity index is 815. The number of likely N-dealkylation sites (tertiary alicyclic amines) is 1. The van der Waals surface area contributed by atoms with Gasteiger partial charge in [-0.3, -0.25) is 5.10 Å². The Morgan fingerprint density at radius 2 is 2.21 bits per heavy atom. The number of nitrogens with zero attached hydrogens (tertiary/aromatic N) is 3. The fraction of sp³-hybridized carbons (Fsp3) is 0.235. The molecule has 0 aliphatic carbocycles. The number of nitrogens with one attached hydrogen (secondary N) is 2. The number of thiazole rings is 1. The molecule has 7 heteroatoms. The summed E-state index contributed by atoms with van der Waals surface area (Å²) in [6.45, 7) is 0.760. The number of carbonyl (C=O) groups excluding carboxylic acids is 1. The fourth-order valence-electron chi connectivity index (χ4n) is 3.11. The largest absolute Gasteiger partial charge is 0.322 e. The fourth-order valence-corrected chi connectivity index (χ4v) is 3.76. The first-order valence-electron chi connectivity index (χ1n) is 7.89. The summed E-state index contributed by atoms with van der Waals surface area (Å²) in [6.07, 6.45) is 5.36. The maximum absolute atomic E-state index is 12.8. The van der Waals surface area contributed by atoms with Gasteiger partial charge in [0.05, 0.1) is 17.9 Å². The summed E-state index contributed by atoms with van der Waals surface area (Å²) in [4.78, 5) is 18.9. The highest BCUT2D eigenvalue weighted by Gasteiger charge is 2.30. The summed E-state index contributed by atoms with van der Waals surface area (Å²) in [6, 6.07) is 10.2. The molecular formula is C17H17N5OS. The lowest BCUT2D eigenvalue weighted by Crippen LogP contribution is -2.34. The van der Waals surface area contributed by atoms with Crippen molar-refractivity contribution < 1.29 is 4.79 Å². The van der Waals surface area contributed by atoms with E-state index in [1.54, 1.807) is 12.4 Å². The van der Waals surface area contributed by atoms with Crippen molar-refractivity contribution >= 4 is 23.1 Å². The molecule has 0 radical (unpaired) electrons. The molecule has 122 valence electrons. The Hall–Kier alpha value is -2.67. The van der Waals surface area contributed by atoms with Crippen molar-refractivity contribution in [2.75, 3.05) is 11.9 Å². The van der Waals surface area contributed by atoms with Gasteiger partial charge >= 0.3 is 6.03 Å². The van der Waals surface area contributed by atoms with Crippen LogP contribution in [-0.2, 0) is 0 Å². The Morgan fingerprint density at radius 3 is 3.00 bits per heavy atom. The first-order valence-corrected chi connectivity index (χ1v) is 8.76. The van der Waals surface area contributed by atoms with Gasteiger partial charge in [0, 0.05) is 18.1 Å². The molecule has 2 amide bonds. The van der Waals surface area contributed by atoms with Crippen LogP contribution in [-0.4, -0.2) is 32.7 Å². The van der Waals surface area contributed by atoms with Crippen LogP contribution in [0.3, 0.4) is 0 Å².